The number of aliphatic hydroxyl groups excluding tert-OH is 1. The summed E-state index contributed by atoms with van der Waals surface area (Å²) in [6.07, 6.45) is 22.9. The Hall–Kier alpha value is -6.53. The van der Waals surface area contributed by atoms with Crippen molar-refractivity contribution in [2.45, 2.75) is 245 Å². The second-order valence-electron chi connectivity index (χ2n) is 31.7. The summed E-state index contributed by atoms with van der Waals surface area (Å²) >= 11 is 0. The lowest BCUT2D eigenvalue weighted by atomic mass is 9.78. The van der Waals surface area contributed by atoms with Gasteiger partial charge in [-0.1, -0.05) is 82.7 Å². The first-order valence-electron chi connectivity index (χ1n) is 42.6. The van der Waals surface area contributed by atoms with Gasteiger partial charge in [-0.2, -0.15) is 5.10 Å². The molecule has 4 N–H and O–H groups in total. The Morgan fingerprint density at radius 3 is 2.01 bits per heavy atom. The summed E-state index contributed by atoms with van der Waals surface area (Å²) in [6, 6.07) is -1.17. The molecular formula is C86H137N9O22. The van der Waals surface area contributed by atoms with E-state index >= 15 is 0 Å². The molecule has 117 heavy (non-hydrogen) atoms. The Bertz CT molecular complexity index is 3550. The number of carbonyl (C=O) groups is 6. The molecule has 2 bridgehead atoms. The average Bonchev–Trinajstić information content (AvgIpc) is 1.59. The van der Waals surface area contributed by atoms with Crippen molar-refractivity contribution in [1.82, 2.24) is 39.6 Å². The molecule has 31 nitrogen and oxygen atoms in total. The van der Waals surface area contributed by atoms with Gasteiger partial charge in [0, 0.05) is 90.7 Å². The summed E-state index contributed by atoms with van der Waals surface area (Å²) in [7, 11) is 4.65. The van der Waals surface area contributed by atoms with Gasteiger partial charge in [0.05, 0.1) is 154 Å². The van der Waals surface area contributed by atoms with Crippen molar-refractivity contribution in [2.75, 3.05) is 146 Å². The van der Waals surface area contributed by atoms with E-state index in [2.05, 4.69) is 25.4 Å². The van der Waals surface area contributed by atoms with Crippen molar-refractivity contribution in [3.63, 3.8) is 0 Å². The number of carbonyl (C=O) groups excluding carboxylic acids is 6. The molecule has 3 aromatic rings. The number of ketones is 4. The van der Waals surface area contributed by atoms with Crippen LogP contribution in [-0.2, 0) is 115 Å². The van der Waals surface area contributed by atoms with Gasteiger partial charge < -0.3 is 87.2 Å². The molecule has 4 aliphatic rings. The molecule has 7 rings (SSSR count). The van der Waals surface area contributed by atoms with Crippen molar-refractivity contribution < 1.29 is 105 Å². The zero-order valence-corrected chi connectivity index (χ0v) is 71.3. The zero-order valence-electron chi connectivity index (χ0n) is 71.3. The van der Waals surface area contributed by atoms with Crippen LogP contribution in [0.4, 0.5) is 5.82 Å². The van der Waals surface area contributed by atoms with Crippen LogP contribution in [0.5, 0.6) is 0 Å². The largest absolute Gasteiger partial charge is 0.460 e. The van der Waals surface area contributed by atoms with Gasteiger partial charge in [0.1, 0.15) is 48.1 Å². The Balaban J connectivity index is 0.737. The maximum absolute atomic E-state index is 14.8. The first-order valence-corrected chi connectivity index (χ1v) is 42.6. The molecule has 0 spiro atoms. The number of anilines is 1. The lowest BCUT2D eigenvalue weighted by molar-refractivity contribution is -0.265. The van der Waals surface area contributed by atoms with Gasteiger partial charge >= 0.3 is 5.97 Å². The predicted octanol–water partition coefficient (Wildman–Crippen LogP) is 8.89. The highest BCUT2D eigenvalue weighted by atomic mass is 16.6. The number of rotatable bonds is 45. The predicted molar refractivity (Wildman–Crippen MR) is 436 cm³/mol. The summed E-state index contributed by atoms with van der Waals surface area (Å²) < 4.78 is 85.3. The van der Waals surface area contributed by atoms with Crippen LogP contribution in [-0.4, -0.2) is 280 Å². The molecule has 1 saturated carbocycles. The van der Waals surface area contributed by atoms with E-state index in [4.69, 9.17) is 72.0 Å². The monoisotopic (exact) mass is 1650 g/mol. The zero-order chi connectivity index (χ0) is 84.3. The van der Waals surface area contributed by atoms with Gasteiger partial charge in [-0.3, -0.25) is 24.0 Å². The number of Topliss-reactive ketones (excluding diaryl/α,β-unsaturated/α-hetero) is 4. The summed E-state index contributed by atoms with van der Waals surface area (Å²) in [5.74, 6) is -7.53. The Kier molecular flexibility index (Phi) is 45.0. The van der Waals surface area contributed by atoms with Crippen LogP contribution in [0.15, 0.2) is 66.3 Å². The summed E-state index contributed by atoms with van der Waals surface area (Å²) in [6.45, 7) is 21.6. The van der Waals surface area contributed by atoms with Crippen LogP contribution in [0.1, 0.15) is 176 Å². The van der Waals surface area contributed by atoms with Crippen LogP contribution in [0.2, 0.25) is 0 Å². The first-order chi connectivity index (χ1) is 56.5. The number of fused-ring (bicyclic) bond motifs is 4. The van der Waals surface area contributed by atoms with Crippen molar-refractivity contribution in [3.8, 4) is 0 Å². The third kappa shape index (κ3) is 33.4. The molecule has 2 saturated heterocycles. The minimum absolute atomic E-state index is 0.00252. The van der Waals surface area contributed by atoms with E-state index < -0.39 is 77.8 Å². The number of hydrogen-bond acceptors (Lipinski definition) is 28. The van der Waals surface area contributed by atoms with Crippen LogP contribution in [0, 0.1) is 35.5 Å². The highest BCUT2D eigenvalue weighted by molar-refractivity contribution is 6.39. The van der Waals surface area contributed by atoms with E-state index in [1.54, 1.807) is 51.9 Å². The molecule has 1 aliphatic carbocycles. The maximum atomic E-state index is 14.8. The molecule has 0 aromatic carbocycles. The number of nitrogens with zero attached hydrogens (tertiary/aromatic N) is 8. The lowest BCUT2D eigenvalue weighted by Gasteiger charge is -2.42. The Morgan fingerprint density at radius 2 is 1.35 bits per heavy atom. The van der Waals surface area contributed by atoms with Crippen molar-refractivity contribution in [3.05, 3.63) is 72.0 Å². The van der Waals surface area contributed by atoms with Crippen molar-refractivity contribution in [1.29, 1.82) is 0 Å². The number of aryl methyl sites for hydroxylation is 2. The maximum Gasteiger partial charge on any atom is 0.329 e. The van der Waals surface area contributed by atoms with Gasteiger partial charge in [-0.25, -0.2) is 24.1 Å². The van der Waals surface area contributed by atoms with Crippen LogP contribution < -0.4 is 5.73 Å². The number of hydrogen-bond donors (Lipinski definition) is 3. The number of methoxy groups -OCH3 is 3. The molecule has 658 valence electrons. The third-order valence-electron chi connectivity index (χ3n) is 22.6. The first kappa shape index (κ1) is 97.6. The highest BCUT2D eigenvalue weighted by Crippen LogP contribution is 2.39. The van der Waals surface area contributed by atoms with E-state index in [1.165, 1.54) is 18.3 Å². The standard InChI is InChI=1S/C86H137N9O22/c1-60-21-13-11-14-22-61(2)75(104-8)55-70-28-26-66(7)86(103,117-70)81(100)84(101)94-31-19-16-25-72(94)85(102)116-76(56-73(97)62(3)52-65(6)79(99)80(106-10)78(98)64(5)51-60)63(4)53-67-27-29-74(77(54-67)105-9)115-34-20-17-23-68-58-93(92-91-68)33-36-108-38-40-110-42-44-112-46-48-114-50-49-113-47-45-111-43-41-109-39-37-107-35-30-69(96)24-15-12-18-32-95-83-71(57-90-95)82(87)88-59-89-83/h11,13-14,21-22,52,57-60,62-64,66-67,70,72,74-77,79-80,99,103H,12,15-20,23-51,53-56H2,1-10H3,(H2,87,88,89)/b14-11+,21-13+,61-22+,65-52+/t60-,62-,63-,64-,66-,67+,70+,72+,74-,75+,76?,77-,79-,80+,86-/m1/s1. The number of aromatic nitrogens is 7. The topological polar surface area (TPSA) is 376 Å². The molecule has 3 fully saturated rings. The smallest absolute Gasteiger partial charge is 0.329 e. The highest BCUT2D eigenvalue weighted by Gasteiger charge is 2.53. The molecule has 15 atom stereocenters. The quantitative estimate of drug-likeness (QED) is 0.0206. The average molecular weight is 1650 g/mol. The number of cyclic esters (lactones) is 1. The van der Waals surface area contributed by atoms with E-state index in [1.807, 2.05) is 69.0 Å². The Morgan fingerprint density at radius 1 is 0.684 bits per heavy atom. The van der Waals surface area contributed by atoms with E-state index in [0.29, 0.717) is 201 Å². The normalized spacial score (nSPS) is 27.8. The van der Waals surface area contributed by atoms with E-state index in [-0.39, 0.29) is 66.7 Å². The molecule has 0 radical (unpaired) electrons. The molecule has 3 aromatic heterocycles. The number of esters is 1. The SMILES string of the molecule is CO[C@H]1C[C@@H]2CC[C@@H](C)[C@@](O)(O2)C(=O)C(=O)N2CCCC[C@H]2C(=O)OC([C@H](C)C[C@@H]2CC[C@@H](OCCCCc3cn(CCOCCOCCOCCOCCOCCOCCOCCOCCC(=O)CCCCCn4ncc5c(N)ncnc54)nn3)[C@H](OC)C2)CC(=O)[C@H](C)/C=C(\C)[C@@H](O)[C@@H](OC)C(=O)[C@H](C)C[C@H](C)/C=C/C=C/C=C/1C. The number of nitrogen functional groups attached to an aromatic ring is 1. The lowest BCUT2D eigenvalue weighted by Crippen LogP contribution is -2.61. The van der Waals surface area contributed by atoms with Gasteiger partial charge in [0.25, 0.3) is 11.7 Å². The molecule has 6 heterocycles. The summed E-state index contributed by atoms with van der Waals surface area (Å²) in [5.41, 5.74) is 8.74. The number of unbranched alkanes of at least 4 members (excludes halogenated alkanes) is 3. The fourth-order valence-corrected chi connectivity index (χ4v) is 15.4. The van der Waals surface area contributed by atoms with Gasteiger partial charge in [0.15, 0.2) is 11.4 Å². The van der Waals surface area contributed by atoms with Gasteiger partial charge in [0.2, 0.25) is 5.79 Å². The van der Waals surface area contributed by atoms with E-state index in [0.717, 1.165) is 73.7 Å². The fourth-order valence-electron chi connectivity index (χ4n) is 15.4. The fraction of sp³-hybridized carbons (Fsp3) is 0.756. The van der Waals surface area contributed by atoms with Crippen molar-refractivity contribution in [2.24, 2.45) is 35.5 Å². The van der Waals surface area contributed by atoms with Crippen LogP contribution in [0.3, 0.4) is 0 Å². The molecule has 31 heteroatoms. The second kappa shape index (κ2) is 54.0. The molecular weight excluding hydrogens is 1510 g/mol. The number of piperidine rings is 1. The third-order valence-corrected chi connectivity index (χ3v) is 22.6. The Labute approximate surface area is 691 Å². The van der Waals surface area contributed by atoms with Gasteiger partial charge in [-0.05, 0) is 139 Å². The molecule has 1 unspecified atom stereocenters. The van der Waals surface area contributed by atoms with Crippen LogP contribution >= 0.6 is 0 Å². The number of nitrogens with two attached hydrogens (primary N) is 1. The summed E-state index contributed by atoms with van der Waals surface area (Å²) in [5, 5.41) is 37.6. The minimum Gasteiger partial charge on any atom is -0.460 e. The van der Waals surface area contributed by atoms with Crippen molar-refractivity contribution >= 4 is 51.9 Å². The number of allylic oxidation sites excluding steroid dienone is 6. The summed E-state index contributed by atoms with van der Waals surface area (Å²) in [4.78, 5) is 93.9. The second-order valence-corrected chi connectivity index (χ2v) is 31.7. The van der Waals surface area contributed by atoms with Crippen LogP contribution in [0.25, 0.3) is 11.0 Å². The number of ether oxygens (including phenoxy) is 14. The van der Waals surface area contributed by atoms with E-state index in [9.17, 15) is 39.0 Å². The number of amides is 1. The molecule has 3 aliphatic heterocycles. The number of aliphatic hydroxyl groups is 2. The minimum atomic E-state index is -2.46. The van der Waals surface area contributed by atoms with Gasteiger partial charge in [-0.15, -0.1) is 5.10 Å². The molecule has 1 amide bonds.